The highest BCUT2D eigenvalue weighted by Crippen LogP contribution is 2.46. The normalized spacial score (nSPS) is 12.5. The third-order valence-corrected chi connectivity index (χ3v) is 3.63. The zero-order valence-corrected chi connectivity index (χ0v) is 12.3. The Morgan fingerprint density at radius 3 is 2.24 bits per heavy atom. The summed E-state index contributed by atoms with van der Waals surface area (Å²) >= 11 is 0. The highest BCUT2D eigenvalue weighted by atomic mass is 19.4. The monoisotopic (exact) mass is 356 g/mol. The Balaban J connectivity index is 2.28. The molecule has 0 atom stereocenters. The van der Waals surface area contributed by atoms with Crippen molar-refractivity contribution < 1.29 is 31.5 Å². The standard InChI is InChI=1S/C17H9F5O3/c18-16(19,17(20,21)22)13-4-2-1-3-11(13)12-7-9-5-6-10(23)8-14(9)25-15(12)24/h1-8,23H. The fraction of sp³-hybridized carbons (Fsp3) is 0.118. The SMILES string of the molecule is O=c1oc2cc(O)ccc2cc1-c1ccccc1C(F)(F)C(F)(F)F. The third kappa shape index (κ3) is 2.84. The molecule has 130 valence electrons. The van der Waals surface area contributed by atoms with Crippen LogP contribution in [0, 0.1) is 0 Å². The van der Waals surface area contributed by atoms with E-state index >= 15 is 0 Å². The summed E-state index contributed by atoms with van der Waals surface area (Å²) in [5.74, 6) is -5.33. The minimum Gasteiger partial charge on any atom is -0.508 e. The molecule has 3 aromatic rings. The molecule has 0 radical (unpaired) electrons. The van der Waals surface area contributed by atoms with Crippen LogP contribution in [0.4, 0.5) is 22.0 Å². The predicted molar refractivity (Wildman–Crippen MR) is 79.5 cm³/mol. The van der Waals surface area contributed by atoms with Gasteiger partial charge in [-0.25, -0.2) is 4.79 Å². The Bertz CT molecular complexity index is 1010. The summed E-state index contributed by atoms with van der Waals surface area (Å²) in [7, 11) is 0. The number of rotatable bonds is 2. The molecule has 0 aliphatic heterocycles. The number of hydrogen-bond donors (Lipinski definition) is 1. The molecule has 0 spiro atoms. The average molecular weight is 356 g/mol. The largest absolute Gasteiger partial charge is 0.508 e. The molecule has 0 saturated heterocycles. The summed E-state index contributed by atoms with van der Waals surface area (Å²) in [5.41, 5.74) is -3.46. The Labute approximate surface area is 136 Å². The third-order valence-electron chi connectivity index (χ3n) is 3.63. The molecule has 8 heteroatoms. The van der Waals surface area contributed by atoms with Crippen LogP contribution in [-0.2, 0) is 5.92 Å². The number of fused-ring (bicyclic) bond motifs is 1. The highest BCUT2D eigenvalue weighted by molar-refractivity contribution is 5.83. The Morgan fingerprint density at radius 1 is 0.880 bits per heavy atom. The first-order valence-electron chi connectivity index (χ1n) is 6.92. The molecule has 0 bridgehead atoms. The van der Waals surface area contributed by atoms with Gasteiger partial charge in [0.1, 0.15) is 11.3 Å². The second kappa shape index (κ2) is 5.58. The van der Waals surface area contributed by atoms with E-state index in [2.05, 4.69) is 0 Å². The zero-order chi connectivity index (χ0) is 18.4. The van der Waals surface area contributed by atoms with E-state index in [-0.39, 0.29) is 16.7 Å². The number of halogens is 5. The molecule has 0 aliphatic rings. The van der Waals surface area contributed by atoms with Crippen molar-refractivity contribution in [3.63, 3.8) is 0 Å². The first kappa shape index (κ1) is 16.9. The fourth-order valence-corrected chi connectivity index (χ4v) is 2.43. The predicted octanol–water partition coefficient (Wildman–Crippen LogP) is 4.82. The maximum absolute atomic E-state index is 13.8. The first-order chi connectivity index (χ1) is 11.6. The average Bonchev–Trinajstić information content (AvgIpc) is 2.53. The molecule has 1 aromatic heterocycles. The van der Waals surface area contributed by atoms with Gasteiger partial charge in [-0.1, -0.05) is 24.3 Å². The molecule has 1 N–H and O–H groups in total. The number of alkyl halides is 5. The molecule has 25 heavy (non-hydrogen) atoms. The van der Waals surface area contributed by atoms with Crippen molar-refractivity contribution >= 4 is 11.0 Å². The lowest BCUT2D eigenvalue weighted by molar-refractivity contribution is -0.289. The lowest BCUT2D eigenvalue weighted by Crippen LogP contribution is -2.34. The Hall–Kier alpha value is -2.90. The smallest absolute Gasteiger partial charge is 0.458 e. The second-order valence-electron chi connectivity index (χ2n) is 5.29. The summed E-state index contributed by atoms with van der Waals surface area (Å²) in [5, 5.41) is 9.62. The molecule has 0 amide bonds. The van der Waals surface area contributed by atoms with E-state index in [9.17, 15) is 31.9 Å². The van der Waals surface area contributed by atoms with Crippen LogP contribution in [0.25, 0.3) is 22.1 Å². The van der Waals surface area contributed by atoms with Gasteiger partial charge in [0, 0.05) is 17.0 Å². The first-order valence-corrected chi connectivity index (χ1v) is 6.92. The summed E-state index contributed by atoms with van der Waals surface area (Å²) in [6.45, 7) is 0. The quantitative estimate of drug-likeness (QED) is 0.529. The summed E-state index contributed by atoms with van der Waals surface area (Å²) in [4.78, 5) is 12.1. The van der Waals surface area contributed by atoms with E-state index in [1.807, 2.05) is 0 Å². The van der Waals surface area contributed by atoms with E-state index in [0.717, 1.165) is 24.3 Å². The zero-order valence-electron chi connectivity index (χ0n) is 12.3. The molecular formula is C17H9F5O3. The van der Waals surface area contributed by atoms with Crippen LogP contribution >= 0.6 is 0 Å². The summed E-state index contributed by atoms with van der Waals surface area (Å²) < 4.78 is 70.8. The van der Waals surface area contributed by atoms with E-state index in [1.165, 1.54) is 18.2 Å². The van der Waals surface area contributed by atoms with E-state index in [0.29, 0.717) is 6.07 Å². The topological polar surface area (TPSA) is 50.4 Å². The minimum absolute atomic E-state index is 0.0196. The van der Waals surface area contributed by atoms with Crippen LogP contribution in [0.2, 0.25) is 0 Å². The molecular weight excluding hydrogens is 347 g/mol. The number of phenols is 1. The van der Waals surface area contributed by atoms with Gasteiger partial charge in [-0.15, -0.1) is 0 Å². The number of benzene rings is 2. The van der Waals surface area contributed by atoms with Gasteiger partial charge in [-0.2, -0.15) is 22.0 Å². The second-order valence-corrected chi connectivity index (χ2v) is 5.29. The molecule has 2 aromatic carbocycles. The van der Waals surface area contributed by atoms with Gasteiger partial charge < -0.3 is 9.52 Å². The van der Waals surface area contributed by atoms with Gasteiger partial charge in [0.15, 0.2) is 0 Å². The van der Waals surface area contributed by atoms with Crippen LogP contribution in [0.5, 0.6) is 5.75 Å². The van der Waals surface area contributed by atoms with Crippen LogP contribution < -0.4 is 5.63 Å². The summed E-state index contributed by atoms with van der Waals surface area (Å²) in [6, 6.07) is 8.77. The molecule has 3 nitrogen and oxygen atoms in total. The Kier molecular flexibility index (Phi) is 3.78. The highest BCUT2D eigenvalue weighted by Gasteiger charge is 2.59. The van der Waals surface area contributed by atoms with Crippen molar-refractivity contribution in [1.82, 2.24) is 0 Å². The lowest BCUT2D eigenvalue weighted by atomic mass is 9.95. The molecule has 0 saturated carbocycles. The van der Waals surface area contributed by atoms with Gasteiger partial charge in [0.25, 0.3) is 0 Å². The van der Waals surface area contributed by atoms with Gasteiger partial charge >= 0.3 is 17.7 Å². The minimum atomic E-state index is -5.81. The Morgan fingerprint density at radius 2 is 1.56 bits per heavy atom. The van der Waals surface area contributed by atoms with Crippen LogP contribution in [0.3, 0.4) is 0 Å². The summed E-state index contributed by atoms with van der Waals surface area (Å²) in [6.07, 6.45) is -5.81. The van der Waals surface area contributed by atoms with Crippen molar-refractivity contribution in [3.8, 4) is 16.9 Å². The van der Waals surface area contributed by atoms with Crippen LogP contribution in [0.1, 0.15) is 5.56 Å². The maximum Gasteiger partial charge on any atom is 0.458 e. The molecule has 0 unspecified atom stereocenters. The molecule has 3 rings (SSSR count). The molecule has 0 fully saturated rings. The van der Waals surface area contributed by atoms with Gasteiger partial charge in [0.05, 0.1) is 5.56 Å². The van der Waals surface area contributed by atoms with Gasteiger partial charge in [-0.3, -0.25) is 0 Å². The van der Waals surface area contributed by atoms with Crippen molar-refractivity contribution in [2.45, 2.75) is 12.1 Å². The number of phenolic OH excluding ortho intramolecular Hbond substituents is 1. The maximum atomic E-state index is 13.8. The van der Waals surface area contributed by atoms with E-state index < -0.39 is 34.4 Å². The fourth-order valence-electron chi connectivity index (χ4n) is 2.43. The molecule has 1 heterocycles. The van der Waals surface area contributed by atoms with Gasteiger partial charge in [-0.05, 0) is 23.8 Å². The van der Waals surface area contributed by atoms with Gasteiger partial charge in [0.2, 0.25) is 0 Å². The van der Waals surface area contributed by atoms with Crippen molar-refractivity contribution in [3.05, 3.63) is 64.5 Å². The van der Waals surface area contributed by atoms with Crippen LogP contribution in [0.15, 0.2) is 57.7 Å². The van der Waals surface area contributed by atoms with E-state index in [4.69, 9.17) is 4.42 Å². The number of aromatic hydroxyl groups is 1. The van der Waals surface area contributed by atoms with Crippen molar-refractivity contribution in [2.75, 3.05) is 0 Å². The van der Waals surface area contributed by atoms with Crippen LogP contribution in [-0.4, -0.2) is 11.3 Å². The number of hydrogen-bond acceptors (Lipinski definition) is 3. The molecule has 0 aliphatic carbocycles. The lowest BCUT2D eigenvalue weighted by Gasteiger charge is -2.22. The van der Waals surface area contributed by atoms with Crippen molar-refractivity contribution in [1.29, 1.82) is 0 Å². The van der Waals surface area contributed by atoms with Crippen molar-refractivity contribution in [2.24, 2.45) is 0 Å². The van der Waals surface area contributed by atoms with E-state index in [1.54, 1.807) is 0 Å².